The molecule has 0 aliphatic rings. The Kier molecular flexibility index (Phi) is 3.62. The Labute approximate surface area is 84.8 Å². The van der Waals surface area contributed by atoms with E-state index in [1.54, 1.807) is 6.33 Å². The number of hydrogen-bond acceptors (Lipinski definition) is 5. The van der Waals surface area contributed by atoms with Gasteiger partial charge in [-0.2, -0.15) is 4.98 Å². The van der Waals surface area contributed by atoms with Crippen molar-refractivity contribution in [3.05, 3.63) is 6.33 Å². The van der Waals surface area contributed by atoms with E-state index in [1.165, 1.54) is 0 Å². The first-order valence-corrected chi connectivity index (χ1v) is 4.80. The number of nitrogens with zero attached hydrogens (tertiary/aromatic N) is 5. The van der Waals surface area contributed by atoms with E-state index in [0.717, 1.165) is 19.0 Å². The van der Waals surface area contributed by atoms with Crippen molar-refractivity contribution >= 4 is 11.9 Å². The predicted octanol–water partition coefficient (Wildman–Crippen LogP) is 0.784. The fourth-order valence-corrected chi connectivity index (χ4v) is 1.15. The molecule has 0 atom stereocenters. The first-order chi connectivity index (χ1) is 6.69. The maximum atomic E-state index is 4.34. The molecule has 78 valence electrons. The summed E-state index contributed by atoms with van der Waals surface area (Å²) in [4.78, 5) is 16.5. The van der Waals surface area contributed by atoms with E-state index in [1.807, 2.05) is 19.0 Å². The van der Waals surface area contributed by atoms with Crippen LogP contribution in [-0.4, -0.2) is 42.1 Å². The van der Waals surface area contributed by atoms with E-state index in [2.05, 4.69) is 33.7 Å². The lowest BCUT2D eigenvalue weighted by atomic mass is 10.5. The van der Waals surface area contributed by atoms with Crippen LogP contribution in [0.1, 0.15) is 13.8 Å². The normalized spacial score (nSPS) is 10.0. The molecule has 0 aromatic carbocycles. The van der Waals surface area contributed by atoms with Gasteiger partial charge in [0.05, 0.1) is 0 Å². The largest absolute Gasteiger partial charge is 0.347 e. The van der Waals surface area contributed by atoms with Crippen LogP contribution in [0.2, 0.25) is 0 Å². The summed E-state index contributed by atoms with van der Waals surface area (Å²) >= 11 is 0. The molecule has 5 heteroatoms. The van der Waals surface area contributed by atoms with Gasteiger partial charge in [0, 0.05) is 27.2 Å². The predicted molar refractivity (Wildman–Crippen MR) is 57.7 cm³/mol. The number of hydrogen-bond donors (Lipinski definition) is 0. The van der Waals surface area contributed by atoms with Gasteiger partial charge >= 0.3 is 0 Å². The minimum atomic E-state index is 0.696. The smallest absolute Gasteiger partial charge is 0.230 e. The Morgan fingerprint density at radius 3 is 2.14 bits per heavy atom. The van der Waals surface area contributed by atoms with E-state index in [-0.39, 0.29) is 0 Å². The molecule has 0 aliphatic carbocycles. The third-order valence-electron chi connectivity index (χ3n) is 1.99. The van der Waals surface area contributed by atoms with Gasteiger partial charge in [-0.1, -0.05) is 0 Å². The zero-order valence-corrected chi connectivity index (χ0v) is 9.23. The molecule has 0 N–H and O–H groups in total. The number of rotatable bonds is 4. The maximum absolute atomic E-state index is 4.34. The van der Waals surface area contributed by atoms with E-state index in [4.69, 9.17) is 0 Å². The monoisotopic (exact) mass is 195 g/mol. The molecular formula is C9H17N5. The Balaban J connectivity index is 2.92. The molecule has 0 saturated heterocycles. The first kappa shape index (κ1) is 10.7. The van der Waals surface area contributed by atoms with Crippen molar-refractivity contribution in [1.29, 1.82) is 0 Å². The van der Waals surface area contributed by atoms with Crippen molar-refractivity contribution < 1.29 is 0 Å². The lowest BCUT2D eigenvalue weighted by Crippen LogP contribution is -2.25. The lowest BCUT2D eigenvalue weighted by Gasteiger charge is -2.19. The molecule has 1 aromatic heterocycles. The van der Waals surface area contributed by atoms with Crippen molar-refractivity contribution in [2.75, 3.05) is 37.0 Å². The van der Waals surface area contributed by atoms with Crippen molar-refractivity contribution in [3.8, 4) is 0 Å². The Hall–Kier alpha value is -1.39. The van der Waals surface area contributed by atoms with Crippen LogP contribution in [0.15, 0.2) is 6.33 Å². The average Bonchev–Trinajstić information content (AvgIpc) is 2.20. The summed E-state index contributed by atoms with van der Waals surface area (Å²) in [6.07, 6.45) is 1.55. The van der Waals surface area contributed by atoms with Crippen molar-refractivity contribution in [2.45, 2.75) is 13.8 Å². The van der Waals surface area contributed by atoms with Crippen molar-refractivity contribution in [1.82, 2.24) is 15.0 Å². The second-order valence-electron chi connectivity index (χ2n) is 3.15. The average molecular weight is 195 g/mol. The first-order valence-electron chi connectivity index (χ1n) is 4.80. The van der Waals surface area contributed by atoms with Gasteiger partial charge in [0.2, 0.25) is 11.9 Å². The van der Waals surface area contributed by atoms with E-state index >= 15 is 0 Å². The van der Waals surface area contributed by atoms with Crippen LogP contribution in [0, 0.1) is 0 Å². The fourth-order valence-electron chi connectivity index (χ4n) is 1.15. The third kappa shape index (κ3) is 2.31. The second kappa shape index (κ2) is 4.74. The Morgan fingerprint density at radius 2 is 1.64 bits per heavy atom. The molecule has 0 radical (unpaired) electrons. The molecule has 0 aliphatic heterocycles. The van der Waals surface area contributed by atoms with Gasteiger partial charge in [-0.05, 0) is 13.8 Å². The third-order valence-corrected chi connectivity index (χ3v) is 1.99. The van der Waals surface area contributed by atoms with E-state index in [0.29, 0.717) is 5.95 Å². The van der Waals surface area contributed by atoms with Crippen LogP contribution in [0.4, 0.5) is 11.9 Å². The van der Waals surface area contributed by atoms with Crippen LogP contribution in [0.5, 0.6) is 0 Å². The topological polar surface area (TPSA) is 45.2 Å². The molecule has 1 aromatic rings. The zero-order chi connectivity index (χ0) is 10.6. The molecule has 1 heterocycles. The van der Waals surface area contributed by atoms with Gasteiger partial charge in [0.1, 0.15) is 6.33 Å². The molecule has 0 saturated carbocycles. The fraction of sp³-hybridized carbons (Fsp3) is 0.667. The van der Waals surface area contributed by atoms with E-state index in [9.17, 15) is 0 Å². The molecule has 0 bridgehead atoms. The van der Waals surface area contributed by atoms with Gasteiger partial charge in [-0.3, -0.25) is 0 Å². The zero-order valence-electron chi connectivity index (χ0n) is 9.23. The summed E-state index contributed by atoms with van der Waals surface area (Å²) in [7, 11) is 3.84. The molecular weight excluding hydrogens is 178 g/mol. The second-order valence-corrected chi connectivity index (χ2v) is 3.15. The minimum absolute atomic E-state index is 0.696. The summed E-state index contributed by atoms with van der Waals surface area (Å²) in [5.41, 5.74) is 0. The minimum Gasteiger partial charge on any atom is -0.347 e. The molecule has 0 spiro atoms. The molecule has 0 unspecified atom stereocenters. The van der Waals surface area contributed by atoms with Crippen LogP contribution < -0.4 is 9.80 Å². The quantitative estimate of drug-likeness (QED) is 0.710. The summed E-state index contributed by atoms with van der Waals surface area (Å²) in [5, 5.41) is 0. The van der Waals surface area contributed by atoms with Crippen LogP contribution in [0.3, 0.4) is 0 Å². The summed E-state index contributed by atoms with van der Waals surface area (Å²) in [5.74, 6) is 1.44. The molecule has 5 nitrogen and oxygen atoms in total. The summed E-state index contributed by atoms with van der Waals surface area (Å²) in [6.45, 7) is 5.99. The van der Waals surface area contributed by atoms with Gasteiger partial charge < -0.3 is 9.80 Å². The summed E-state index contributed by atoms with van der Waals surface area (Å²) < 4.78 is 0. The molecule has 1 rings (SSSR count). The molecule has 0 amide bonds. The van der Waals surface area contributed by atoms with Gasteiger partial charge in [0.15, 0.2) is 0 Å². The molecule has 0 fully saturated rings. The summed E-state index contributed by atoms with van der Waals surface area (Å²) in [6, 6.07) is 0. The maximum Gasteiger partial charge on any atom is 0.230 e. The number of anilines is 2. The Morgan fingerprint density at radius 1 is 1.07 bits per heavy atom. The molecule has 14 heavy (non-hydrogen) atoms. The standard InChI is InChI=1S/C9H17N5/c1-5-14(6-2)9-11-7-10-8(12-9)13(3)4/h7H,5-6H2,1-4H3. The SMILES string of the molecule is CCN(CC)c1ncnc(N(C)C)n1. The van der Waals surface area contributed by atoms with E-state index < -0.39 is 0 Å². The van der Waals surface area contributed by atoms with Gasteiger partial charge in [-0.25, -0.2) is 9.97 Å². The van der Waals surface area contributed by atoms with Gasteiger partial charge in [0.25, 0.3) is 0 Å². The highest BCUT2D eigenvalue weighted by Gasteiger charge is 2.07. The highest BCUT2D eigenvalue weighted by molar-refractivity contribution is 5.36. The lowest BCUT2D eigenvalue weighted by molar-refractivity contribution is 0.805. The highest BCUT2D eigenvalue weighted by atomic mass is 15.3. The van der Waals surface area contributed by atoms with Gasteiger partial charge in [-0.15, -0.1) is 0 Å². The highest BCUT2D eigenvalue weighted by Crippen LogP contribution is 2.08. The Bertz CT molecular complexity index is 282. The van der Waals surface area contributed by atoms with Crippen molar-refractivity contribution in [3.63, 3.8) is 0 Å². The van der Waals surface area contributed by atoms with Crippen LogP contribution >= 0.6 is 0 Å². The van der Waals surface area contributed by atoms with Crippen molar-refractivity contribution in [2.24, 2.45) is 0 Å². The number of aromatic nitrogens is 3. The van der Waals surface area contributed by atoms with Crippen LogP contribution in [-0.2, 0) is 0 Å². The van der Waals surface area contributed by atoms with Crippen LogP contribution in [0.25, 0.3) is 0 Å².